The molecule has 1 fully saturated rings. The van der Waals surface area contributed by atoms with Crippen LogP contribution in [0.25, 0.3) is 0 Å². The first-order valence-corrected chi connectivity index (χ1v) is 9.67. The van der Waals surface area contributed by atoms with Crippen molar-refractivity contribution in [3.05, 3.63) is 82.8 Å². The molecule has 1 aliphatic rings. The third-order valence-electron chi connectivity index (χ3n) is 5.06. The molecule has 7 nitrogen and oxygen atoms in total. The number of aromatic nitrogens is 2. The fraction of sp³-hybridized carbons (Fsp3) is 0.273. The number of nitrogens with zero attached hydrogens (tertiary/aromatic N) is 3. The van der Waals surface area contributed by atoms with E-state index in [-0.39, 0.29) is 42.4 Å². The smallest absolute Gasteiger partial charge is 0.251 e. The Balaban J connectivity index is 1.33. The number of halogens is 1. The van der Waals surface area contributed by atoms with Crippen LogP contribution in [0.4, 0.5) is 4.39 Å². The lowest BCUT2D eigenvalue weighted by molar-refractivity contribution is -0.128. The molecule has 0 radical (unpaired) electrons. The van der Waals surface area contributed by atoms with E-state index < -0.39 is 0 Å². The molecule has 0 spiro atoms. The molecule has 3 aromatic rings. The van der Waals surface area contributed by atoms with Gasteiger partial charge in [-0.15, -0.1) is 0 Å². The highest BCUT2D eigenvalue weighted by atomic mass is 19.1. The van der Waals surface area contributed by atoms with Gasteiger partial charge in [0, 0.05) is 31.0 Å². The van der Waals surface area contributed by atoms with Gasteiger partial charge >= 0.3 is 0 Å². The Hall–Kier alpha value is -3.55. The predicted octanol–water partition coefficient (Wildman–Crippen LogP) is 2.96. The third-order valence-corrected chi connectivity index (χ3v) is 5.06. The van der Waals surface area contributed by atoms with Gasteiger partial charge in [-0.2, -0.15) is 4.98 Å². The summed E-state index contributed by atoms with van der Waals surface area (Å²) in [4.78, 5) is 30.6. The van der Waals surface area contributed by atoms with E-state index in [1.807, 2.05) is 19.1 Å². The maximum absolute atomic E-state index is 13.1. The number of benzene rings is 2. The number of amides is 2. The predicted molar refractivity (Wildman–Crippen MR) is 106 cm³/mol. The van der Waals surface area contributed by atoms with E-state index >= 15 is 0 Å². The van der Waals surface area contributed by atoms with E-state index in [9.17, 15) is 14.0 Å². The maximum atomic E-state index is 13.1. The minimum atomic E-state index is -0.307. The van der Waals surface area contributed by atoms with Crippen LogP contribution in [0.5, 0.6) is 0 Å². The van der Waals surface area contributed by atoms with Gasteiger partial charge in [0.05, 0.1) is 6.54 Å². The summed E-state index contributed by atoms with van der Waals surface area (Å²) in [6.07, 6.45) is 0.288. The number of nitrogens with one attached hydrogen (secondary N) is 1. The van der Waals surface area contributed by atoms with Crippen LogP contribution in [0.3, 0.4) is 0 Å². The van der Waals surface area contributed by atoms with Crippen LogP contribution in [-0.4, -0.2) is 33.4 Å². The van der Waals surface area contributed by atoms with Crippen molar-refractivity contribution >= 4 is 11.8 Å². The molecule has 1 N–H and O–H groups in total. The molecule has 154 valence electrons. The minimum Gasteiger partial charge on any atom is -0.343 e. The van der Waals surface area contributed by atoms with Gasteiger partial charge in [0.2, 0.25) is 11.8 Å². The zero-order valence-corrected chi connectivity index (χ0v) is 16.5. The molecule has 1 saturated heterocycles. The van der Waals surface area contributed by atoms with Gasteiger partial charge in [-0.25, -0.2) is 4.39 Å². The van der Waals surface area contributed by atoms with E-state index in [0.29, 0.717) is 24.5 Å². The summed E-state index contributed by atoms with van der Waals surface area (Å²) in [5.74, 6) is 0.0143. The summed E-state index contributed by atoms with van der Waals surface area (Å²) < 4.78 is 18.3. The van der Waals surface area contributed by atoms with Crippen LogP contribution in [0.1, 0.15) is 45.5 Å². The molecule has 0 bridgehead atoms. The summed E-state index contributed by atoms with van der Waals surface area (Å²) in [6, 6.07) is 13.3. The first-order valence-electron chi connectivity index (χ1n) is 9.67. The Morgan fingerprint density at radius 1 is 1.20 bits per heavy atom. The highest BCUT2D eigenvalue weighted by Crippen LogP contribution is 2.27. The van der Waals surface area contributed by atoms with Crippen molar-refractivity contribution in [2.45, 2.75) is 32.4 Å². The average molecular weight is 408 g/mol. The molecule has 1 aromatic heterocycles. The van der Waals surface area contributed by atoms with E-state index in [1.165, 1.54) is 12.1 Å². The van der Waals surface area contributed by atoms with Gasteiger partial charge in [0.15, 0.2) is 5.82 Å². The molecule has 2 heterocycles. The van der Waals surface area contributed by atoms with Crippen molar-refractivity contribution in [3.8, 4) is 0 Å². The van der Waals surface area contributed by atoms with E-state index in [0.717, 1.165) is 11.1 Å². The normalized spacial score (nSPS) is 16.1. The van der Waals surface area contributed by atoms with Gasteiger partial charge in [-0.3, -0.25) is 9.59 Å². The average Bonchev–Trinajstić information content (AvgIpc) is 3.35. The van der Waals surface area contributed by atoms with Crippen molar-refractivity contribution in [2.24, 2.45) is 0 Å². The van der Waals surface area contributed by atoms with Gasteiger partial charge in [0.1, 0.15) is 5.82 Å². The Bertz CT molecular complexity index is 1050. The maximum Gasteiger partial charge on any atom is 0.251 e. The molecular formula is C22H21FN4O3. The van der Waals surface area contributed by atoms with Gasteiger partial charge in [0.25, 0.3) is 5.91 Å². The number of rotatable bonds is 6. The second-order valence-electron chi connectivity index (χ2n) is 7.40. The quantitative estimate of drug-likeness (QED) is 0.678. The Kier molecular flexibility index (Phi) is 5.56. The second-order valence-corrected chi connectivity index (χ2v) is 7.40. The minimum absolute atomic E-state index is 0.0108. The first-order chi connectivity index (χ1) is 14.5. The first kappa shape index (κ1) is 19.8. The van der Waals surface area contributed by atoms with Crippen LogP contribution in [-0.2, 0) is 17.9 Å². The summed E-state index contributed by atoms with van der Waals surface area (Å²) in [5, 5.41) is 6.73. The standard InChI is InChI=1S/C22H21FN4O3/c1-14-2-6-16(7-3-14)22(29)24-11-19-25-21(26-30-19)17-10-20(28)27(13-17)12-15-4-8-18(23)9-5-15/h2-9,17H,10-13H2,1H3,(H,24,29). The van der Waals surface area contributed by atoms with E-state index in [4.69, 9.17) is 4.52 Å². The third kappa shape index (κ3) is 4.53. The second kappa shape index (κ2) is 8.44. The zero-order chi connectivity index (χ0) is 21.1. The number of aryl methyl sites for hydroxylation is 1. The van der Waals surface area contributed by atoms with Gasteiger partial charge in [-0.1, -0.05) is 35.0 Å². The largest absolute Gasteiger partial charge is 0.343 e. The zero-order valence-electron chi connectivity index (χ0n) is 16.5. The fourth-order valence-electron chi connectivity index (χ4n) is 3.38. The Morgan fingerprint density at radius 3 is 2.67 bits per heavy atom. The Morgan fingerprint density at radius 2 is 1.93 bits per heavy atom. The molecule has 4 rings (SSSR count). The van der Waals surface area contributed by atoms with Crippen LogP contribution in [0, 0.1) is 12.7 Å². The van der Waals surface area contributed by atoms with Crippen LogP contribution >= 0.6 is 0 Å². The topological polar surface area (TPSA) is 88.3 Å². The lowest BCUT2D eigenvalue weighted by Gasteiger charge is -2.16. The van der Waals surface area contributed by atoms with E-state index in [2.05, 4.69) is 15.5 Å². The summed E-state index contributed by atoms with van der Waals surface area (Å²) >= 11 is 0. The molecular weight excluding hydrogens is 387 g/mol. The molecule has 1 unspecified atom stereocenters. The van der Waals surface area contributed by atoms with Crippen molar-refractivity contribution in [2.75, 3.05) is 6.54 Å². The molecule has 30 heavy (non-hydrogen) atoms. The van der Waals surface area contributed by atoms with Crippen molar-refractivity contribution in [1.29, 1.82) is 0 Å². The SMILES string of the molecule is Cc1ccc(C(=O)NCc2nc(C3CC(=O)N(Cc4ccc(F)cc4)C3)no2)cc1. The monoisotopic (exact) mass is 408 g/mol. The molecule has 0 saturated carbocycles. The summed E-state index contributed by atoms with van der Waals surface area (Å²) in [7, 11) is 0. The summed E-state index contributed by atoms with van der Waals surface area (Å²) in [5.41, 5.74) is 2.49. The van der Waals surface area contributed by atoms with E-state index in [1.54, 1.807) is 29.2 Å². The molecule has 1 aliphatic heterocycles. The molecule has 0 aliphatic carbocycles. The highest BCUT2D eigenvalue weighted by molar-refractivity contribution is 5.94. The van der Waals surface area contributed by atoms with Gasteiger partial charge in [-0.05, 0) is 36.8 Å². The number of hydrogen-bond acceptors (Lipinski definition) is 5. The van der Waals surface area contributed by atoms with Crippen LogP contribution in [0.2, 0.25) is 0 Å². The number of likely N-dealkylation sites (tertiary alicyclic amines) is 1. The number of carbonyl (C=O) groups excluding carboxylic acids is 2. The lowest BCUT2D eigenvalue weighted by atomic mass is 10.1. The number of carbonyl (C=O) groups is 2. The van der Waals surface area contributed by atoms with Gasteiger partial charge < -0.3 is 14.7 Å². The molecule has 1 atom stereocenters. The molecule has 2 aromatic carbocycles. The van der Waals surface area contributed by atoms with Crippen molar-refractivity contribution < 1.29 is 18.5 Å². The van der Waals surface area contributed by atoms with Crippen molar-refractivity contribution in [3.63, 3.8) is 0 Å². The number of hydrogen-bond donors (Lipinski definition) is 1. The highest BCUT2D eigenvalue weighted by Gasteiger charge is 2.33. The molecule has 2 amide bonds. The lowest BCUT2D eigenvalue weighted by Crippen LogP contribution is -2.24. The molecule has 8 heteroatoms. The van der Waals surface area contributed by atoms with Crippen molar-refractivity contribution in [1.82, 2.24) is 20.4 Å². The van der Waals surface area contributed by atoms with Crippen LogP contribution < -0.4 is 5.32 Å². The van der Waals surface area contributed by atoms with Crippen LogP contribution in [0.15, 0.2) is 53.1 Å². The summed E-state index contributed by atoms with van der Waals surface area (Å²) in [6.45, 7) is 2.94. The Labute approximate surface area is 172 Å². The fourth-order valence-corrected chi connectivity index (χ4v) is 3.38.